The summed E-state index contributed by atoms with van der Waals surface area (Å²) in [4.78, 5) is 8.46. The number of hydrogen-bond donors (Lipinski definition) is 1. The third-order valence-corrected chi connectivity index (χ3v) is 5.98. The van der Waals surface area contributed by atoms with Crippen molar-refractivity contribution < 1.29 is 4.74 Å². The number of benzene rings is 1. The van der Waals surface area contributed by atoms with Crippen LogP contribution >= 0.6 is 22.9 Å². The topological polar surface area (TPSA) is 50.3 Å². The summed E-state index contributed by atoms with van der Waals surface area (Å²) in [6.07, 6.45) is 1.88. The Balaban J connectivity index is 1.39. The lowest BCUT2D eigenvalue weighted by molar-refractivity contribution is 0.201. The van der Waals surface area contributed by atoms with Gasteiger partial charge in [-0.1, -0.05) is 0 Å². The summed E-state index contributed by atoms with van der Waals surface area (Å²) in [5.41, 5.74) is 3.77. The number of fused-ring (bicyclic) bond motifs is 1. The molecular formula is C18H20N4OS2. The van der Waals surface area contributed by atoms with E-state index in [1.807, 2.05) is 11.3 Å². The van der Waals surface area contributed by atoms with Gasteiger partial charge >= 0.3 is 0 Å². The predicted octanol–water partition coefficient (Wildman–Crippen LogP) is 4.09. The van der Waals surface area contributed by atoms with E-state index in [2.05, 4.69) is 55.3 Å². The monoisotopic (exact) mass is 372 g/mol. The van der Waals surface area contributed by atoms with Gasteiger partial charge in [0.15, 0.2) is 0 Å². The van der Waals surface area contributed by atoms with Gasteiger partial charge in [-0.2, -0.15) is 4.37 Å². The zero-order valence-corrected chi connectivity index (χ0v) is 15.7. The van der Waals surface area contributed by atoms with Crippen molar-refractivity contribution in [2.45, 2.75) is 19.4 Å². The molecule has 0 saturated heterocycles. The van der Waals surface area contributed by atoms with Gasteiger partial charge in [0.2, 0.25) is 5.13 Å². The summed E-state index contributed by atoms with van der Waals surface area (Å²) in [6, 6.07) is 10.8. The fraction of sp³-hybridized carbons (Fsp3) is 0.333. The molecule has 0 amide bonds. The van der Waals surface area contributed by atoms with E-state index in [0.29, 0.717) is 6.61 Å². The van der Waals surface area contributed by atoms with Gasteiger partial charge in [-0.15, -0.1) is 11.3 Å². The minimum atomic E-state index is 0.645. The lowest BCUT2D eigenvalue weighted by atomic mass is 10.1. The van der Waals surface area contributed by atoms with E-state index in [0.717, 1.165) is 42.6 Å². The molecule has 0 bridgehead atoms. The Morgan fingerprint density at radius 2 is 2.12 bits per heavy atom. The number of nitrogens with one attached hydrogen (secondary N) is 1. The maximum Gasteiger partial charge on any atom is 0.207 e. The first-order valence-electron chi connectivity index (χ1n) is 8.30. The number of nitrogens with zero attached hydrogens (tertiary/aromatic N) is 3. The molecule has 3 heterocycles. The van der Waals surface area contributed by atoms with Crippen molar-refractivity contribution in [3.05, 3.63) is 52.0 Å². The molecule has 1 aromatic carbocycles. The van der Waals surface area contributed by atoms with Gasteiger partial charge in [-0.05, 0) is 47.7 Å². The van der Waals surface area contributed by atoms with Gasteiger partial charge in [-0.25, -0.2) is 4.98 Å². The highest BCUT2D eigenvalue weighted by molar-refractivity contribution is 7.10. The number of hydrogen-bond acceptors (Lipinski definition) is 7. The molecular weight excluding hydrogens is 352 g/mol. The molecule has 25 heavy (non-hydrogen) atoms. The molecule has 0 atom stereocenters. The average Bonchev–Trinajstić information content (AvgIpc) is 3.29. The molecule has 7 heteroatoms. The van der Waals surface area contributed by atoms with Crippen LogP contribution in [0.3, 0.4) is 0 Å². The molecule has 1 aliphatic rings. The van der Waals surface area contributed by atoms with E-state index in [4.69, 9.17) is 4.74 Å². The van der Waals surface area contributed by atoms with Crippen LogP contribution in [0, 0.1) is 0 Å². The van der Waals surface area contributed by atoms with Crippen molar-refractivity contribution in [3.63, 3.8) is 0 Å². The molecule has 1 aliphatic heterocycles. The first-order valence-corrected chi connectivity index (χ1v) is 9.96. The molecule has 130 valence electrons. The Morgan fingerprint density at radius 3 is 2.96 bits per heavy atom. The summed E-state index contributed by atoms with van der Waals surface area (Å²) < 4.78 is 9.40. The second-order valence-electron chi connectivity index (χ2n) is 5.97. The van der Waals surface area contributed by atoms with Crippen molar-refractivity contribution in [2.24, 2.45) is 0 Å². The fourth-order valence-corrected chi connectivity index (χ4v) is 4.47. The molecule has 0 radical (unpaired) electrons. The Kier molecular flexibility index (Phi) is 4.96. The highest BCUT2D eigenvalue weighted by Gasteiger charge is 2.17. The molecule has 1 N–H and O–H groups in total. The molecule has 0 saturated carbocycles. The van der Waals surface area contributed by atoms with E-state index in [1.54, 1.807) is 7.11 Å². The van der Waals surface area contributed by atoms with Gasteiger partial charge < -0.3 is 15.0 Å². The van der Waals surface area contributed by atoms with E-state index < -0.39 is 0 Å². The first-order chi connectivity index (χ1) is 12.3. The SMILES string of the molecule is COCCc1nsc(Nc2ccc(N3CCc4sccc4C3)cc2)n1. The predicted molar refractivity (Wildman–Crippen MR) is 104 cm³/mol. The van der Waals surface area contributed by atoms with Gasteiger partial charge in [-0.3, -0.25) is 0 Å². The average molecular weight is 373 g/mol. The second kappa shape index (κ2) is 7.51. The largest absolute Gasteiger partial charge is 0.384 e. The number of anilines is 3. The Labute approximate surface area is 155 Å². The molecule has 5 nitrogen and oxygen atoms in total. The maximum atomic E-state index is 5.06. The van der Waals surface area contributed by atoms with Crippen LogP contribution in [0.25, 0.3) is 0 Å². The first kappa shape index (κ1) is 16.5. The highest BCUT2D eigenvalue weighted by Crippen LogP contribution is 2.29. The van der Waals surface area contributed by atoms with Crippen LogP contribution in [0.15, 0.2) is 35.7 Å². The Morgan fingerprint density at radius 1 is 1.24 bits per heavy atom. The molecule has 4 rings (SSSR count). The number of methoxy groups -OCH3 is 1. The summed E-state index contributed by atoms with van der Waals surface area (Å²) in [7, 11) is 1.69. The normalized spacial score (nSPS) is 13.7. The summed E-state index contributed by atoms with van der Waals surface area (Å²) >= 11 is 3.26. The van der Waals surface area contributed by atoms with Crippen molar-refractivity contribution in [1.82, 2.24) is 9.36 Å². The molecule has 2 aromatic heterocycles. The summed E-state index contributed by atoms with van der Waals surface area (Å²) in [5, 5.41) is 6.35. The van der Waals surface area contributed by atoms with E-state index >= 15 is 0 Å². The van der Waals surface area contributed by atoms with Crippen LogP contribution < -0.4 is 10.2 Å². The molecule has 0 aliphatic carbocycles. The van der Waals surface area contributed by atoms with E-state index in [-0.39, 0.29) is 0 Å². The van der Waals surface area contributed by atoms with Crippen LogP contribution in [0.1, 0.15) is 16.3 Å². The number of rotatable bonds is 6. The number of aromatic nitrogens is 2. The molecule has 0 unspecified atom stereocenters. The third kappa shape index (κ3) is 3.84. The van der Waals surface area contributed by atoms with Crippen molar-refractivity contribution >= 4 is 39.4 Å². The van der Waals surface area contributed by atoms with Crippen LogP contribution in [-0.4, -0.2) is 29.6 Å². The zero-order valence-electron chi connectivity index (χ0n) is 14.1. The van der Waals surface area contributed by atoms with Crippen LogP contribution in [0.5, 0.6) is 0 Å². The van der Waals surface area contributed by atoms with Crippen molar-refractivity contribution in [2.75, 3.05) is 30.5 Å². The highest BCUT2D eigenvalue weighted by atomic mass is 32.1. The van der Waals surface area contributed by atoms with Crippen molar-refractivity contribution in [3.8, 4) is 0 Å². The third-order valence-electron chi connectivity index (χ3n) is 4.29. The molecule has 3 aromatic rings. The fourth-order valence-electron chi connectivity index (χ4n) is 2.95. The Hall–Kier alpha value is -1.96. The molecule has 0 fully saturated rings. The van der Waals surface area contributed by atoms with Gasteiger partial charge in [0.05, 0.1) is 6.61 Å². The zero-order chi connectivity index (χ0) is 17.1. The van der Waals surface area contributed by atoms with Crippen LogP contribution in [-0.2, 0) is 24.1 Å². The maximum absolute atomic E-state index is 5.06. The van der Waals surface area contributed by atoms with Gasteiger partial charge in [0.1, 0.15) is 5.82 Å². The number of ether oxygens (including phenoxy) is 1. The van der Waals surface area contributed by atoms with Crippen LogP contribution in [0.4, 0.5) is 16.5 Å². The lowest BCUT2D eigenvalue weighted by Gasteiger charge is -2.29. The summed E-state index contributed by atoms with van der Waals surface area (Å²) in [5.74, 6) is 0.825. The second-order valence-corrected chi connectivity index (χ2v) is 7.72. The van der Waals surface area contributed by atoms with Crippen molar-refractivity contribution in [1.29, 1.82) is 0 Å². The lowest BCUT2D eigenvalue weighted by Crippen LogP contribution is -2.29. The standard InChI is InChI=1S/C18H20N4OS2/c1-23-10-7-17-20-18(25-21-17)19-14-2-4-15(5-3-14)22-9-6-16-13(12-22)8-11-24-16/h2-5,8,11H,6-7,9-10,12H2,1H3,(H,19,20,21). The molecule has 0 spiro atoms. The van der Waals surface area contributed by atoms with Crippen LogP contribution in [0.2, 0.25) is 0 Å². The smallest absolute Gasteiger partial charge is 0.207 e. The number of thiophene rings is 1. The van der Waals surface area contributed by atoms with E-state index in [1.165, 1.54) is 27.7 Å². The van der Waals surface area contributed by atoms with Gasteiger partial charge in [0, 0.05) is 54.4 Å². The van der Waals surface area contributed by atoms with Gasteiger partial charge in [0.25, 0.3) is 0 Å². The minimum absolute atomic E-state index is 0.645. The Bertz CT molecular complexity index is 828. The summed E-state index contributed by atoms with van der Waals surface area (Å²) in [6.45, 7) is 2.73. The van der Waals surface area contributed by atoms with E-state index in [9.17, 15) is 0 Å². The quantitative estimate of drug-likeness (QED) is 0.706. The minimum Gasteiger partial charge on any atom is -0.384 e.